The van der Waals surface area contributed by atoms with Crippen LogP contribution in [-0.2, 0) is 11.3 Å². The SMILES string of the molecule is O=C(NCc1ccc(F)cc1)[C@@H]1C[C@@H]1c1ccccc1. The van der Waals surface area contributed by atoms with Crippen molar-refractivity contribution < 1.29 is 9.18 Å². The van der Waals surface area contributed by atoms with E-state index >= 15 is 0 Å². The Morgan fingerprint density at radius 3 is 2.50 bits per heavy atom. The van der Waals surface area contributed by atoms with Crippen LogP contribution in [0.2, 0.25) is 0 Å². The van der Waals surface area contributed by atoms with Gasteiger partial charge in [-0.1, -0.05) is 42.5 Å². The Morgan fingerprint density at radius 1 is 1.10 bits per heavy atom. The van der Waals surface area contributed by atoms with E-state index in [4.69, 9.17) is 0 Å². The van der Waals surface area contributed by atoms with E-state index < -0.39 is 0 Å². The Bertz CT molecular complexity index is 594. The van der Waals surface area contributed by atoms with Gasteiger partial charge in [-0.2, -0.15) is 0 Å². The van der Waals surface area contributed by atoms with E-state index in [1.807, 2.05) is 18.2 Å². The molecule has 0 aliphatic heterocycles. The number of nitrogens with one attached hydrogen (secondary N) is 1. The van der Waals surface area contributed by atoms with Crippen LogP contribution < -0.4 is 5.32 Å². The number of hydrogen-bond donors (Lipinski definition) is 1. The first-order chi connectivity index (χ1) is 9.74. The highest BCUT2D eigenvalue weighted by Crippen LogP contribution is 2.47. The van der Waals surface area contributed by atoms with Crippen molar-refractivity contribution in [3.63, 3.8) is 0 Å². The maximum absolute atomic E-state index is 12.8. The molecule has 0 aromatic heterocycles. The van der Waals surface area contributed by atoms with Gasteiger partial charge < -0.3 is 5.32 Å². The quantitative estimate of drug-likeness (QED) is 0.907. The monoisotopic (exact) mass is 269 g/mol. The Kier molecular flexibility index (Phi) is 3.50. The fourth-order valence-electron chi connectivity index (χ4n) is 2.48. The van der Waals surface area contributed by atoms with Gasteiger partial charge in [0.1, 0.15) is 5.82 Å². The first kappa shape index (κ1) is 12.9. The minimum absolute atomic E-state index is 0.0813. The predicted molar refractivity (Wildman–Crippen MR) is 75.5 cm³/mol. The van der Waals surface area contributed by atoms with E-state index in [2.05, 4.69) is 17.4 Å². The molecule has 102 valence electrons. The number of hydrogen-bond acceptors (Lipinski definition) is 1. The highest BCUT2D eigenvalue weighted by atomic mass is 19.1. The average Bonchev–Trinajstić information content (AvgIpc) is 3.28. The van der Waals surface area contributed by atoms with Crippen LogP contribution in [0.25, 0.3) is 0 Å². The third kappa shape index (κ3) is 2.87. The van der Waals surface area contributed by atoms with Crippen LogP contribution in [0, 0.1) is 11.7 Å². The minimum atomic E-state index is -0.258. The third-order valence-electron chi connectivity index (χ3n) is 3.73. The standard InChI is InChI=1S/C17H16FNO/c18-14-8-6-12(7-9-14)11-19-17(20)16-10-15(16)13-4-2-1-3-5-13/h1-9,15-16H,10-11H2,(H,19,20)/t15-,16-/m1/s1. The second kappa shape index (κ2) is 5.45. The molecule has 0 heterocycles. The highest BCUT2D eigenvalue weighted by molar-refractivity contribution is 5.82. The molecular weight excluding hydrogens is 253 g/mol. The first-order valence-corrected chi connectivity index (χ1v) is 6.81. The van der Waals surface area contributed by atoms with Gasteiger partial charge in [0.25, 0.3) is 0 Å². The van der Waals surface area contributed by atoms with E-state index in [-0.39, 0.29) is 17.6 Å². The molecule has 3 rings (SSSR count). The molecule has 1 aliphatic carbocycles. The summed E-state index contributed by atoms with van der Waals surface area (Å²) in [5.74, 6) is 0.261. The molecule has 20 heavy (non-hydrogen) atoms. The van der Waals surface area contributed by atoms with E-state index in [1.165, 1.54) is 17.7 Å². The maximum atomic E-state index is 12.8. The summed E-state index contributed by atoms with van der Waals surface area (Å²) in [5, 5.41) is 2.92. The molecule has 2 atom stereocenters. The van der Waals surface area contributed by atoms with Crippen molar-refractivity contribution in [3.8, 4) is 0 Å². The molecule has 2 aromatic rings. The summed E-state index contributed by atoms with van der Waals surface area (Å²) in [6.45, 7) is 0.455. The zero-order valence-corrected chi connectivity index (χ0v) is 11.1. The van der Waals surface area contributed by atoms with Gasteiger partial charge in [0, 0.05) is 12.5 Å². The number of rotatable bonds is 4. The average molecular weight is 269 g/mol. The second-order valence-electron chi connectivity index (χ2n) is 5.20. The van der Waals surface area contributed by atoms with E-state index in [0.717, 1.165) is 12.0 Å². The summed E-state index contributed by atoms with van der Waals surface area (Å²) in [6, 6.07) is 16.3. The van der Waals surface area contributed by atoms with Crippen molar-refractivity contribution in [3.05, 3.63) is 71.5 Å². The van der Waals surface area contributed by atoms with E-state index in [1.54, 1.807) is 12.1 Å². The van der Waals surface area contributed by atoms with Crippen molar-refractivity contribution in [2.24, 2.45) is 5.92 Å². The van der Waals surface area contributed by atoms with E-state index in [9.17, 15) is 9.18 Å². The van der Waals surface area contributed by atoms with Crippen molar-refractivity contribution in [2.45, 2.75) is 18.9 Å². The van der Waals surface area contributed by atoms with Crippen molar-refractivity contribution in [1.29, 1.82) is 0 Å². The van der Waals surface area contributed by atoms with Crippen LogP contribution in [0.3, 0.4) is 0 Å². The molecule has 0 radical (unpaired) electrons. The highest BCUT2D eigenvalue weighted by Gasteiger charge is 2.43. The van der Waals surface area contributed by atoms with Crippen LogP contribution in [0.4, 0.5) is 4.39 Å². The summed E-state index contributed by atoms with van der Waals surface area (Å²) < 4.78 is 12.8. The Hall–Kier alpha value is -2.16. The van der Waals surface area contributed by atoms with Crippen molar-refractivity contribution in [1.82, 2.24) is 5.32 Å². The number of carbonyl (C=O) groups excluding carboxylic acids is 1. The van der Waals surface area contributed by atoms with Gasteiger partial charge in [-0.15, -0.1) is 0 Å². The smallest absolute Gasteiger partial charge is 0.224 e. The fraction of sp³-hybridized carbons (Fsp3) is 0.235. The van der Waals surface area contributed by atoms with Gasteiger partial charge in [0.05, 0.1) is 0 Å². The molecule has 3 heteroatoms. The van der Waals surface area contributed by atoms with Crippen LogP contribution in [-0.4, -0.2) is 5.91 Å². The summed E-state index contributed by atoms with van der Waals surface area (Å²) in [4.78, 5) is 12.0. The molecule has 0 bridgehead atoms. The van der Waals surface area contributed by atoms with Gasteiger partial charge in [-0.25, -0.2) is 4.39 Å². The van der Waals surface area contributed by atoms with Crippen LogP contribution in [0.5, 0.6) is 0 Å². The summed E-state index contributed by atoms with van der Waals surface area (Å²) in [6.07, 6.45) is 0.916. The predicted octanol–water partition coefficient (Wildman–Crippen LogP) is 3.25. The molecule has 0 saturated heterocycles. The van der Waals surface area contributed by atoms with Gasteiger partial charge in [0.2, 0.25) is 5.91 Å². The van der Waals surface area contributed by atoms with Crippen molar-refractivity contribution >= 4 is 5.91 Å². The Labute approximate surface area is 117 Å². The normalized spacial score (nSPS) is 20.4. The van der Waals surface area contributed by atoms with Gasteiger partial charge in [-0.05, 0) is 35.6 Å². The molecule has 1 fully saturated rings. The summed E-state index contributed by atoms with van der Waals surface area (Å²) >= 11 is 0. The first-order valence-electron chi connectivity index (χ1n) is 6.81. The van der Waals surface area contributed by atoms with Crippen LogP contribution in [0.1, 0.15) is 23.5 Å². The molecule has 1 amide bonds. The number of carbonyl (C=O) groups is 1. The zero-order chi connectivity index (χ0) is 13.9. The molecule has 1 saturated carbocycles. The molecule has 0 unspecified atom stereocenters. The lowest BCUT2D eigenvalue weighted by molar-refractivity contribution is -0.122. The Balaban J connectivity index is 1.53. The van der Waals surface area contributed by atoms with Gasteiger partial charge >= 0.3 is 0 Å². The molecule has 2 aromatic carbocycles. The van der Waals surface area contributed by atoms with Crippen LogP contribution in [0.15, 0.2) is 54.6 Å². The van der Waals surface area contributed by atoms with Crippen LogP contribution >= 0.6 is 0 Å². The van der Waals surface area contributed by atoms with E-state index in [0.29, 0.717) is 12.5 Å². The van der Waals surface area contributed by atoms with Gasteiger partial charge in [0.15, 0.2) is 0 Å². The number of halogens is 1. The zero-order valence-electron chi connectivity index (χ0n) is 11.1. The lowest BCUT2D eigenvalue weighted by Crippen LogP contribution is -2.24. The minimum Gasteiger partial charge on any atom is -0.352 e. The van der Waals surface area contributed by atoms with Crippen molar-refractivity contribution in [2.75, 3.05) is 0 Å². The van der Waals surface area contributed by atoms with Gasteiger partial charge in [-0.3, -0.25) is 4.79 Å². The lowest BCUT2D eigenvalue weighted by atomic mass is 10.1. The number of benzene rings is 2. The maximum Gasteiger partial charge on any atom is 0.224 e. The fourth-order valence-corrected chi connectivity index (χ4v) is 2.48. The molecule has 2 nitrogen and oxygen atoms in total. The molecule has 1 aliphatic rings. The largest absolute Gasteiger partial charge is 0.352 e. The topological polar surface area (TPSA) is 29.1 Å². The summed E-state index contributed by atoms with van der Waals surface area (Å²) in [7, 11) is 0. The lowest BCUT2D eigenvalue weighted by Gasteiger charge is -2.05. The molecular formula is C17H16FNO. The second-order valence-corrected chi connectivity index (χ2v) is 5.20. The molecule has 1 N–H and O–H groups in total. The third-order valence-corrected chi connectivity index (χ3v) is 3.73. The molecule has 0 spiro atoms. The number of amides is 1. The summed E-state index contributed by atoms with van der Waals surface area (Å²) in [5.41, 5.74) is 2.14. The Morgan fingerprint density at radius 2 is 1.80 bits per heavy atom.